The normalized spacial score (nSPS) is 27.4. The van der Waals surface area contributed by atoms with Crippen LogP contribution in [0.4, 0.5) is 0 Å². The van der Waals surface area contributed by atoms with Gasteiger partial charge < -0.3 is 4.90 Å². The van der Waals surface area contributed by atoms with Gasteiger partial charge in [0.15, 0.2) is 0 Å². The van der Waals surface area contributed by atoms with Gasteiger partial charge in [-0.15, -0.1) is 11.6 Å². The van der Waals surface area contributed by atoms with E-state index in [1.165, 1.54) is 44.9 Å². The first-order valence-electron chi connectivity index (χ1n) is 8.19. The molecule has 2 rings (SSSR count). The zero-order valence-corrected chi connectivity index (χ0v) is 12.8. The van der Waals surface area contributed by atoms with Crippen molar-refractivity contribution >= 4 is 17.5 Å². The SMILES string of the molecule is O=C(C1CCCCCCC1)N1CCCCCC1CCl. The molecule has 0 aromatic heterocycles. The Bertz CT molecular complexity index is 274. The lowest BCUT2D eigenvalue weighted by atomic mass is 9.89. The summed E-state index contributed by atoms with van der Waals surface area (Å²) in [6.07, 6.45) is 13.4. The van der Waals surface area contributed by atoms with Crippen LogP contribution in [-0.2, 0) is 4.79 Å². The first kappa shape index (κ1) is 15.2. The highest BCUT2D eigenvalue weighted by molar-refractivity contribution is 6.18. The van der Waals surface area contributed by atoms with E-state index in [2.05, 4.69) is 4.90 Å². The molecule has 1 aliphatic carbocycles. The Morgan fingerprint density at radius 3 is 2.16 bits per heavy atom. The summed E-state index contributed by atoms with van der Waals surface area (Å²) in [6, 6.07) is 0.294. The first-order chi connectivity index (χ1) is 9.33. The predicted octanol–water partition coefficient (Wildman–Crippen LogP) is 4.36. The standard InChI is InChI=1S/C16H28ClNO/c17-13-15-11-7-4-8-12-18(15)16(19)14-9-5-2-1-3-6-10-14/h14-15H,1-13H2. The summed E-state index contributed by atoms with van der Waals surface area (Å²) >= 11 is 6.10. The summed E-state index contributed by atoms with van der Waals surface area (Å²) in [5.41, 5.74) is 0. The van der Waals surface area contributed by atoms with Gasteiger partial charge in [-0.2, -0.15) is 0 Å². The molecule has 3 heteroatoms. The van der Waals surface area contributed by atoms with Crippen LogP contribution in [-0.4, -0.2) is 29.3 Å². The van der Waals surface area contributed by atoms with Gasteiger partial charge in [0.1, 0.15) is 0 Å². The van der Waals surface area contributed by atoms with Gasteiger partial charge in [-0.25, -0.2) is 0 Å². The van der Waals surface area contributed by atoms with E-state index in [0.717, 1.165) is 32.2 Å². The lowest BCUT2D eigenvalue weighted by Crippen LogP contribution is -2.44. The van der Waals surface area contributed by atoms with Crippen molar-refractivity contribution in [2.24, 2.45) is 5.92 Å². The van der Waals surface area contributed by atoms with Gasteiger partial charge in [-0.1, -0.05) is 44.9 Å². The van der Waals surface area contributed by atoms with Crippen LogP contribution in [0.5, 0.6) is 0 Å². The van der Waals surface area contributed by atoms with Crippen molar-refractivity contribution in [3.63, 3.8) is 0 Å². The number of alkyl halides is 1. The zero-order chi connectivity index (χ0) is 13.5. The molecular weight excluding hydrogens is 258 g/mol. The van der Waals surface area contributed by atoms with Gasteiger partial charge in [0.05, 0.1) is 0 Å². The molecule has 0 radical (unpaired) electrons. The molecule has 2 nitrogen and oxygen atoms in total. The minimum absolute atomic E-state index is 0.282. The molecule has 2 fully saturated rings. The molecule has 0 N–H and O–H groups in total. The molecule has 0 aromatic rings. The Kier molecular flexibility index (Phi) is 6.49. The number of hydrogen-bond acceptors (Lipinski definition) is 1. The fourth-order valence-corrected chi connectivity index (χ4v) is 3.89. The predicted molar refractivity (Wildman–Crippen MR) is 80.5 cm³/mol. The number of carbonyl (C=O) groups is 1. The number of amides is 1. The average molecular weight is 286 g/mol. The highest BCUT2D eigenvalue weighted by Crippen LogP contribution is 2.27. The largest absolute Gasteiger partial charge is 0.338 e. The van der Waals surface area contributed by atoms with E-state index in [9.17, 15) is 4.79 Å². The maximum absolute atomic E-state index is 12.8. The first-order valence-corrected chi connectivity index (χ1v) is 8.73. The number of halogens is 1. The summed E-state index contributed by atoms with van der Waals surface area (Å²) < 4.78 is 0. The third-order valence-corrected chi connectivity index (χ3v) is 5.15. The Labute approximate surface area is 122 Å². The van der Waals surface area contributed by atoms with Crippen LogP contribution in [0.25, 0.3) is 0 Å². The Hall–Kier alpha value is -0.240. The lowest BCUT2D eigenvalue weighted by molar-refractivity contribution is -0.138. The van der Waals surface area contributed by atoms with Crippen LogP contribution in [0.2, 0.25) is 0 Å². The second-order valence-corrected chi connectivity index (χ2v) is 6.54. The Morgan fingerprint density at radius 1 is 0.895 bits per heavy atom. The van der Waals surface area contributed by atoms with E-state index < -0.39 is 0 Å². The van der Waals surface area contributed by atoms with Crippen molar-refractivity contribution in [2.45, 2.75) is 76.7 Å². The van der Waals surface area contributed by atoms with Crippen molar-refractivity contribution < 1.29 is 4.79 Å². The van der Waals surface area contributed by atoms with Gasteiger partial charge in [-0.05, 0) is 25.7 Å². The minimum atomic E-state index is 0.282. The zero-order valence-electron chi connectivity index (χ0n) is 12.1. The number of rotatable bonds is 2. The number of likely N-dealkylation sites (tertiary alicyclic amines) is 1. The lowest BCUT2D eigenvalue weighted by Gasteiger charge is -2.32. The summed E-state index contributed by atoms with van der Waals surface area (Å²) in [4.78, 5) is 14.9. The fourth-order valence-electron chi connectivity index (χ4n) is 3.57. The fraction of sp³-hybridized carbons (Fsp3) is 0.938. The number of carbonyl (C=O) groups excluding carboxylic acids is 1. The second kappa shape index (κ2) is 8.14. The molecule has 1 saturated carbocycles. The van der Waals surface area contributed by atoms with Crippen LogP contribution in [0.1, 0.15) is 70.6 Å². The van der Waals surface area contributed by atoms with Gasteiger partial charge in [0.25, 0.3) is 0 Å². The third kappa shape index (κ3) is 4.37. The maximum Gasteiger partial charge on any atom is 0.225 e. The van der Waals surface area contributed by atoms with Crippen molar-refractivity contribution in [2.75, 3.05) is 12.4 Å². The molecule has 110 valence electrons. The van der Waals surface area contributed by atoms with Crippen LogP contribution in [0.3, 0.4) is 0 Å². The van der Waals surface area contributed by atoms with E-state index >= 15 is 0 Å². The van der Waals surface area contributed by atoms with Crippen molar-refractivity contribution in [3.8, 4) is 0 Å². The van der Waals surface area contributed by atoms with Crippen LogP contribution in [0, 0.1) is 5.92 Å². The average Bonchev–Trinajstić information content (AvgIpc) is 2.62. The van der Waals surface area contributed by atoms with Crippen molar-refractivity contribution in [1.29, 1.82) is 0 Å². The molecule has 1 atom stereocenters. The highest BCUT2D eigenvalue weighted by Gasteiger charge is 2.30. The highest BCUT2D eigenvalue weighted by atomic mass is 35.5. The number of hydrogen-bond donors (Lipinski definition) is 0. The van der Waals surface area contributed by atoms with Crippen molar-refractivity contribution in [3.05, 3.63) is 0 Å². The molecule has 1 saturated heterocycles. The third-order valence-electron chi connectivity index (χ3n) is 4.79. The maximum atomic E-state index is 12.8. The smallest absolute Gasteiger partial charge is 0.225 e. The van der Waals surface area contributed by atoms with Gasteiger partial charge >= 0.3 is 0 Å². The second-order valence-electron chi connectivity index (χ2n) is 6.23. The monoisotopic (exact) mass is 285 g/mol. The molecule has 1 unspecified atom stereocenters. The van der Waals surface area contributed by atoms with Crippen LogP contribution in [0.15, 0.2) is 0 Å². The summed E-state index contributed by atoms with van der Waals surface area (Å²) in [5.74, 6) is 1.30. The molecule has 1 amide bonds. The van der Waals surface area contributed by atoms with Gasteiger partial charge in [-0.3, -0.25) is 4.79 Å². The summed E-state index contributed by atoms with van der Waals surface area (Å²) in [6.45, 7) is 0.937. The van der Waals surface area contributed by atoms with E-state index in [1.807, 2.05) is 0 Å². The quantitative estimate of drug-likeness (QED) is 0.691. The summed E-state index contributed by atoms with van der Waals surface area (Å²) in [5, 5.41) is 0. The Morgan fingerprint density at radius 2 is 1.47 bits per heavy atom. The van der Waals surface area contributed by atoms with Crippen LogP contribution >= 0.6 is 11.6 Å². The Balaban J connectivity index is 1.97. The van der Waals surface area contributed by atoms with E-state index in [1.54, 1.807) is 0 Å². The molecule has 1 aliphatic heterocycles. The molecular formula is C16H28ClNO. The minimum Gasteiger partial charge on any atom is -0.338 e. The van der Waals surface area contributed by atoms with Gasteiger partial charge in [0.2, 0.25) is 5.91 Å². The van der Waals surface area contributed by atoms with E-state index in [4.69, 9.17) is 11.6 Å². The molecule has 0 spiro atoms. The topological polar surface area (TPSA) is 20.3 Å². The van der Waals surface area contributed by atoms with Gasteiger partial charge in [0, 0.05) is 24.4 Å². The molecule has 2 aliphatic rings. The number of nitrogens with zero attached hydrogens (tertiary/aromatic N) is 1. The van der Waals surface area contributed by atoms with Crippen LogP contribution < -0.4 is 0 Å². The van der Waals surface area contributed by atoms with E-state index in [-0.39, 0.29) is 5.92 Å². The van der Waals surface area contributed by atoms with Crippen molar-refractivity contribution in [1.82, 2.24) is 4.90 Å². The molecule has 19 heavy (non-hydrogen) atoms. The van der Waals surface area contributed by atoms with E-state index in [0.29, 0.717) is 17.8 Å². The molecule has 1 heterocycles. The summed E-state index contributed by atoms with van der Waals surface area (Å²) in [7, 11) is 0. The molecule has 0 aromatic carbocycles. The molecule has 0 bridgehead atoms.